The molecule has 3 aliphatic heterocycles. The second kappa shape index (κ2) is 5.37. The molecule has 4 rings (SSSR count). The molecule has 0 aliphatic carbocycles. The second-order valence-electron chi connectivity index (χ2n) is 8.01. The molecule has 23 heavy (non-hydrogen) atoms. The number of hydrogen-bond donors (Lipinski definition) is 2. The summed E-state index contributed by atoms with van der Waals surface area (Å²) in [7, 11) is -1.10. The fraction of sp³-hybridized carbons (Fsp3) is 0.812. The monoisotopic (exact) mass is 338 g/mol. The van der Waals surface area contributed by atoms with Crippen LogP contribution in [-0.4, -0.2) is 31.8 Å². The zero-order valence-corrected chi connectivity index (χ0v) is 15.0. The molecule has 1 aromatic heterocycles. The average molecular weight is 338 g/mol. The molecule has 128 valence electrons. The molecular formula is C16H26N4O2S. The molecular weight excluding hydrogens is 312 g/mol. The second-order valence-corrected chi connectivity index (χ2v) is 10.0. The highest BCUT2D eigenvalue weighted by atomic mass is 32.2. The van der Waals surface area contributed by atoms with Gasteiger partial charge >= 0.3 is 0 Å². The molecule has 0 bridgehead atoms. The Bertz CT molecular complexity index is 643. The highest BCUT2D eigenvalue weighted by Crippen LogP contribution is 2.50. The van der Waals surface area contributed by atoms with Crippen molar-refractivity contribution in [3.63, 3.8) is 0 Å². The van der Waals surface area contributed by atoms with Gasteiger partial charge in [-0.1, -0.05) is 0 Å². The fourth-order valence-electron chi connectivity index (χ4n) is 4.05. The molecule has 0 aromatic carbocycles. The van der Waals surface area contributed by atoms with Gasteiger partial charge in [-0.3, -0.25) is 4.68 Å². The third-order valence-corrected chi connectivity index (χ3v) is 6.96. The molecule has 2 atom stereocenters. The lowest BCUT2D eigenvalue weighted by Gasteiger charge is -2.39. The van der Waals surface area contributed by atoms with Crippen molar-refractivity contribution in [1.29, 1.82) is 0 Å². The molecule has 0 saturated carbocycles. The smallest absolute Gasteiger partial charge is 0.0976 e. The third-order valence-electron chi connectivity index (χ3n) is 5.39. The van der Waals surface area contributed by atoms with Crippen molar-refractivity contribution >= 4 is 11.0 Å². The SMILES string of the molecule is CC(C)(C)[S@@](=O)N[C@@H]1c2c3c(nn2CC12CCNCC2)COC3. The molecule has 0 amide bonds. The lowest BCUT2D eigenvalue weighted by atomic mass is 9.73. The van der Waals surface area contributed by atoms with Gasteiger partial charge in [-0.25, -0.2) is 8.93 Å². The Kier molecular flexibility index (Phi) is 3.68. The number of rotatable bonds is 2. The zero-order chi connectivity index (χ0) is 16.2. The third kappa shape index (κ3) is 2.49. The van der Waals surface area contributed by atoms with Crippen LogP contribution in [0.5, 0.6) is 0 Å². The van der Waals surface area contributed by atoms with Gasteiger partial charge in [0, 0.05) is 17.5 Å². The minimum atomic E-state index is -1.10. The highest BCUT2D eigenvalue weighted by molar-refractivity contribution is 7.84. The molecule has 2 N–H and O–H groups in total. The Morgan fingerprint density at radius 3 is 2.78 bits per heavy atom. The van der Waals surface area contributed by atoms with Crippen LogP contribution in [0.1, 0.15) is 56.6 Å². The molecule has 0 radical (unpaired) electrons. The van der Waals surface area contributed by atoms with E-state index >= 15 is 0 Å². The van der Waals surface area contributed by atoms with Gasteiger partial charge in [0.05, 0.1) is 46.4 Å². The van der Waals surface area contributed by atoms with Gasteiger partial charge in [0.25, 0.3) is 0 Å². The molecule has 3 aliphatic rings. The Hall–Kier alpha value is -0.760. The summed E-state index contributed by atoms with van der Waals surface area (Å²) in [5.74, 6) is 0. The summed E-state index contributed by atoms with van der Waals surface area (Å²) in [5, 5.41) is 8.23. The fourth-order valence-corrected chi connectivity index (χ4v) is 4.98. The van der Waals surface area contributed by atoms with E-state index < -0.39 is 11.0 Å². The van der Waals surface area contributed by atoms with E-state index in [1.165, 1.54) is 11.3 Å². The predicted octanol–water partition coefficient (Wildman–Crippen LogP) is 1.39. The first-order valence-corrected chi connectivity index (χ1v) is 9.61. The van der Waals surface area contributed by atoms with Crippen molar-refractivity contribution in [2.24, 2.45) is 5.41 Å². The molecule has 1 fully saturated rings. The van der Waals surface area contributed by atoms with Crippen LogP contribution >= 0.6 is 0 Å². The minimum absolute atomic E-state index is 0.0996. The minimum Gasteiger partial charge on any atom is -0.370 e. The van der Waals surface area contributed by atoms with Crippen LogP contribution in [-0.2, 0) is 35.5 Å². The van der Waals surface area contributed by atoms with E-state index in [4.69, 9.17) is 9.84 Å². The molecule has 0 unspecified atom stereocenters. The van der Waals surface area contributed by atoms with Crippen molar-refractivity contribution in [3.05, 3.63) is 17.0 Å². The highest BCUT2D eigenvalue weighted by Gasteiger charge is 2.51. The van der Waals surface area contributed by atoms with Crippen LogP contribution in [0.15, 0.2) is 0 Å². The van der Waals surface area contributed by atoms with Gasteiger partial charge in [-0.15, -0.1) is 0 Å². The number of piperidine rings is 1. The van der Waals surface area contributed by atoms with Gasteiger partial charge in [0.15, 0.2) is 0 Å². The maximum Gasteiger partial charge on any atom is 0.0976 e. The number of aromatic nitrogens is 2. The quantitative estimate of drug-likeness (QED) is 0.855. The first kappa shape index (κ1) is 15.7. The van der Waals surface area contributed by atoms with E-state index in [9.17, 15) is 4.21 Å². The van der Waals surface area contributed by atoms with Crippen LogP contribution in [0, 0.1) is 5.41 Å². The van der Waals surface area contributed by atoms with Crippen LogP contribution in [0.4, 0.5) is 0 Å². The Morgan fingerprint density at radius 2 is 2.09 bits per heavy atom. The summed E-state index contributed by atoms with van der Waals surface area (Å²) in [4.78, 5) is 0. The molecule has 7 heteroatoms. The summed E-state index contributed by atoms with van der Waals surface area (Å²) >= 11 is 0. The average Bonchev–Trinajstić information content (AvgIpc) is 3.11. The molecule has 1 spiro atoms. The van der Waals surface area contributed by atoms with Gasteiger partial charge < -0.3 is 10.1 Å². The van der Waals surface area contributed by atoms with E-state index in [0.717, 1.165) is 38.2 Å². The van der Waals surface area contributed by atoms with Crippen molar-refractivity contribution in [1.82, 2.24) is 19.8 Å². The topological polar surface area (TPSA) is 68.2 Å². The van der Waals surface area contributed by atoms with Gasteiger partial charge in [0.1, 0.15) is 0 Å². The normalized spacial score (nSPS) is 27.2. The summed E-state index contributed by atoms with van der Waals surface area (Å²) in [6.07, 6.45) is 2.18. The van der Waals surface area contributed by atoms with Crippen LogP contribution in [0.3, 0.4) is 0 Å². The number of nitrogens with zero attached hydrogens (tertiary/aromatic N) is 2. The Balaban J connectivity index is 1.73. The van der Waals surface area contributed by atoms with Gasteiger partial charge in [-0.2, -0.15) is 5.10 Å². The van der Waals surface area contributed by atoms with E-state index in [-0.39, 0.29) is 16.2 Å². The summed E-state index contributed by atoms with van der Waals surface area (Å²) < 4.78 is 23.8. The summed E-state index contributed by atoms with van der Waals surface area (Å²) in [6, 6.07) is 0.0996. The van der Waals surface area contributed by atoms with E-state index in [1.807, 2.05) is 20.8 Å². The van der Waals surface area contributed by atoms with Crippen molar-refractivity contribution in [2.75, 3.05) is 13.1 Å². The first-order valence-electron chi connectivity index (χ1n) is 8.46. The van der Waals surface area contributed by atoms with Crippen molar-refractivity contribution < 1.29 is 8.95 Å². The van der Waals surface area contributed by atoms with Crippen LogP contribution < -0.4 is 10.0 Å². The summed E-state index contributed by atoms with van der Waals surface area (Å²) in [6.45, 7) is 10.3. The lowest BCUT2D eigenvalue weighted by molar-refractivity contribution is 0.130. The standard InChI is InChI=1S/C16H26N4O2S/c1-15(2,3)23(21)19-14-13-11-8-22-9-12(11)18-20(13)10-16(14)4-6-17-7-5-16/h14,17,19H,4-10H2,1-3H3/t14-,23-/m1/s1. The maximum absolute atomic E-state index is 12.8. The van der Waals surface area contributed by atoms with Gasteiger partial charge in [-0.05, 0) is 46.7 Å². The van der Waals surface area contributed by atoms with E-state index in [1.54, 1.807) is 0 Å². The molecule has 1 aromatic rings. The molecule has 6 nitrogen and oxygen atoms in total. The molecule has 4 heterocycles. The largest absolute Gasteiger partial charge is 0.370 e. The van der Waals surface area contributed by atoms with Crippen molar-refractivity contribution in [3.8, 4) is 0 Å². The Labute approximate surface area is 139 Å². The number of fused-ring (bicyclic) bond motifs is 3. The zero-order valence-electron chi connectivity index (χ0n) is 14.1. The molecule has 1 saturated heterocycles. The number of hydrogen-bond acceptors (Lipinski definition) is 4. The number of nitrogens with one attached hydrogen (secondary N) is 2. The predicted molar refractivity (Wildman–Crippen MR) is 89.0 cm³/mol. The van der Waals surface area contributed by atoms with E-state index in [2.05, 4.69) is 14.7 Å². The van der Waals surface area contributed by atoms with Gasteiger partial charge in [0.2, 0.25) is 0 Å². The summed E-state index contributed by atoms with van der Waals surface area (Å²) in [5.41, 5.74) is 3.63. The van der Waals surface area contributed by atoms with E-state index in [0.29, 0.717) is 13.2 Å². The van der Waals surface area contributed by atoms with Crippen LogP contribution in [0.25, 0.3) is 0 Å². The Morgan fingerprint density at radius 1 is 1.35 bits per heavy atom. The maximum atomic E-state index is 12.8. The number of ether oxygens (including phenoxy) is 1. The first-order chi connectivity index (χ1) is 10.9. The van der Waals surface area contributed by atoms with Crippen LogP contribution in [0.2, 0.25) is 0 Å². The van der Waals surface area contributed by atoms with Crippen molar-refractivity contribution in [2.45, 2.75) is 64.2 Å². The lowest BCUT2D eigenvalue weighted by Crippen LogP contribution is -2.46.